The third-order valence-electron chi connectivity index (χ3n) is 2.24. The SMILES string of the molecule is CN(C)CCNC(=O)NCCOc1ccccc1. The Balaban J connectivity index is 2.02. The molecule has 0 atom stereocenters. The van der Waals surface area contributed by atoms with Crippen LogP contribution in [0.5, 0.6) is 5.75 Å². The number of nitrogens with one attached hydrogen (secondary N) is 2. The average Bonchev–Trinajstić information content (AvgIpc) is 2.35. The zero-order valence-corrected chi connectivity index (χ0v) is 11.0. The summed E-state index contributed by atoms with van der Waals surface area (Å²) in [6.45, 7) is 2.42. The second-order valence-corrected chi connectivity index (χ2v) is 4.15. The third kappa shape index (κ3) is 6.75. The molecule has 2 amide bonds. The highest BCUT2D eigenvalue weighted by molar-refractivity contribution is 5.73. The quantitative estimate of drug-likeness (QED) is 0.709. The molecule has 18 heavy (non-hydrogen) atoms. The molecule has 5 heteroatoms. The number of carbonyl (C=O) groups is 1. The van der Waals surface area contributed by atoms with Crippen LogP contribution >= 0.6 is 0 Å². The first-order valence-electron chi connectivity index (χ1n) is 6.03. The molecule has 0 aromatic heterocycles. The molecule has 0 saturated carbocycles. The first kappa shape index (κ1) is 14.3. The van der Waals surface area contributed by atoms with Crippen LogP contribution in [-0.4, -0.2) is 51.3 Å². The molecule has 1 aromatic carbocycles. The number of benzene rings is 1. The molecule has 0 unspecified atom stereocenters. The van der Waals surface area contributed by atoms with Gasteiger partial charge in [-0.2, -0.15) is 0 Å². The van der Waals surface area contributed by atoms with E-state index in [0.717, 1.165) is 12.3 Å². The largest absolute Gasteiger partial charge is 0.492 e. The van der Waals surface area contributed by atoms with E-state index in [1.807, 2.05) is 49.3 Å². The lowest BCUT2D eigenvalue weighted by Crippen LogP contribution is -2.40. The molecule has 5 nitrogen and oxygen atoms in total. The Morgan fingerprint density at radius 3 is 2.50 bits per heavy atom. The number of nitrogens with zero attached hydrogens (tertiary/aromatic N) is 1. The Hall–Kier alpha value is -1.75. The summed E-state index contributed by atoms with van der Waals surface area (Å²) in [5.74, 6) is 0.812. The van der Waals surface area contributed by atoms with Crippen molar-refractivity contribution in [2.75, 3.05) is 40.3 Å². The highest BCUT2D eigenvalue weighted by Gasteiger charge is 1.99. The van der Waals surface area contributed by atoms with Gasteiger partial charge in [-0.15, -0.1) is 0 Å². The number of carbonyl (C=O) groups excluding carboxylic acids is 1. The fraction of sp³-hybridized carbons (Fsp3) is 0.462. The van der Waals surface area contributed by atoms with Gasteiger partial charge in [0.1, 0.15) is 12.4 Å². The van der Waals surface area contributed by atoms with E-state index in [1.165, 1.54) is 0 Å². The molecule has 100 valence electrons. The maximum absolute atomic E-state index is 11.3. The van der Waals surface area contributed by atoms with Crippen molar-refractivity contribution in [1.29, 1.82) is 0 Å². The van der Waals surface area contributed by atoms with E-state index in [0.29, 0.717) is 19.7 Å². The smallest absolute Gasteiger partial charge is 0.314 e. The van der Waals surface area contributed by atoms with Crippen molar-refractivity contribution in [3.63, 3.8) is 0 Å². The normalized spacial score (nSPS) is 10.2. The third-order valence-corrected chi connectivity index (χ3v) is 2.24. The number of hydrogen-bond acceptors (Lipinski definition) is 3. The zero-order chi connectivity index (χ0) is 13.2. The van der Waals surface area contributed by atoms with Crippen LogP contribution in [0.15, 0.2) is 30.3 Å². The van der Waals surface area contributed by atoms with Gasteiger partial charge in [0.25, 0.3) is 0 Å². The van der Waals surface area contributed by atoms with Crippen LogP contribution in [0.2, 0.25) is 0 Å². The Kier molecular flexibility index (Phi) is 6.64. The molecule has 0 saturated heterocycles. The molecule has 0 heterocycles. The molecule has 0 aliphatic heterocycles. The van der Waals surface area contributed by atoms with Crippen molar-refractivity contribution in [1.82, 2.24) is 15.5 Å². The van der Waals surface area contributed by atoms with Gasteiger partial charge in [-0.1, -0.05) is 18.2 Å². The van der Waals surface area contributed by atoms with E-state index >= 15 is 0 Å². The Bertz CT molecular complexity index is 341. The number of urea groups is 1. The Morgan fingerprint density at radius 2 is 1.83 bits per heavy atom. The van der Waals surface area contributed by atoms with Crippen molar-refractivity contribution in [3.05, 3.63) is 30.3 Å². The first-order valence-corrected chi connectivity index (χ1v) is 6.03. The number of para-hydroxylation sites is 1. The molecule has 2 N–H and O–H groups in total. The van der Waals surface area contributed by atoms with Crippen molar-refractivity contribution in [2.24, 2.45) is 0 Å². The van der Waals surface area contributed by atoms with E-state index in [2.05, 4.69) is 10.6 Å². The van der Waals surface area contributed by atoms with Crippen LogP contribution in [-0.2, 0) is 0 Å². The number of ether oxygens (including phenoxy) is 1. The van der Waals surface area contributed by atoms with Gasteiger partial charge < -0.3 is 20.3 Å². The molecule has 0 fully saturated rings. The zero-order valence-electron chi connectivity index (χ0n) is 11.0. The molecular formula is C13H21N3O2. The van der Waals surface area contributed by atoms with E-state index in [1.54, 1.807) is 0 Å². The average molecular weight is 251 g/mol. The number of amides is 2. The van der Waals surface area contributed by atoms with Gasteiger partial charge in [0, 0.05) is 13.1 Å². The van der Waals surface area contributed by atoms with Crippen LogP contribution in [0.1, 0.15) is 0 Å². The minimum absolute atomic E-state index is 0.159. The standard InChI is InChI=1S/C13H21N3O2/c1-16(2)10-8-14-13(17)15-9-11-18-12-6-4-3-5-7-12/h3-7H,8-11H2,1-2H3,(H2,14,15,17). The van der Waals surface area contributed by atoms with Crippen molar-refractivity contribution in [3.8, 4) is 5.75 Å². The van der Waals surface area contributed by atoms with Gasteiger partial charge in [-0.05, 0) is 26.2 Å². The molecular weight excluding hydrogens is 230 g/mol. The Labute approximate surface area is 108 Å². The lowest BCUT2D eigenvalue weighted by molar-refractivity contribution is 0.235. The van der Waals surface area contributed by atoms with Crippen molar-refractivity contribution < 1.29 is 9.53 Å². The fourth-order valence-electron chi connectivity index (χ4n) is 1.31. The van der Waals surface area contributed by atoms with E-state index in [9.17, 15) is 4.79 Å². The van der Waals surface area contributed by atoms with Gasteiger partial charge >= 0.3 is 6.03 Å². The molecule has 0 aliphatic rings. The predicted octanol–water partition coefficient (Wildman–Crippen LogP) is 0.926. The summed E-state index contributed by atoms with van der Waals surface area (Å²) in [7, 11) is 3.93. The van der Waals surface area contributed by atoms with Crippen LogP contribution in [0.3, 0.4) is 0 Å². The second-order valence-electron chi connectivity index (χ2n) is 4.15. The number of hydrogen-bond donors (Lipinski definition) is 2. The summed E-state index contributed by atoms with van der Waals surface area (Å²) in [6.07, 6.45) is 0. The van der Waals surface area contributed by atoms with Gasteiger partial charge in [0.2, 0.25) is 0 Å². The monoisotopic (exact) mass is 251 g/mol. The molecule has 0 bridgehead atoms. The molecule has 1 rings (SSSR count). The summed E-state index contributed by atoms with van der Waals surface area (Å²) < 4.78 is 5.45. The van der Waals surface area contributed by atoms with E-state index in [-0.39, 0.29) is 6.03 Å². The maximum atomic E-state index is 11.3. The molecule has 0 spiro atoms. The Morgan fingerprint density at radius 1 is 1.17 bits per heavy atom. The lowest BCUT2D eigenvalue weighted by atomic mass is 10.3. The maximum Gasteiger partial charge on any atom is 0.314 e. The van der Waals surface area contributed by atoms with Gasteiger partial charge in [0.15, 0.2) is 0 Å². The second kappa shape index (κ2) is 8.36. The summed E-state index contributed by atoms with van der Waals surface area (Å²) in [5, 5.41) is 5.50. The van der Waals surface area contributed by atoms with Gasteiger partial charge in [-0.25, -0.2) is 4.79 Å². The lowest BCUT2D eigenvalue weighted by Gasteiger charge is -2.11. The highest BCUT2D eigenvalue weighted by Crippen LogP contribution is 2.07. The predicted molar refractivity (Wildman–Crippen MR) is 71.9 cm³/mol. The molecule has 0 radical (unpaired) electrons. The van der Waals surface area contributed by atoms with Crippen molar-refractivity contribution in [2.45, 2.75) is 0 Å². The van der Waals surface area contributed by atoms with Crippen LogP contribution < -0.4 is 15.4 Å². The highest BCUT2D eigenvalue weighted by atomic mass is 16.5. The van der Waals surface area contributed by atoms with Gasteiger partial charge in [-0.3, -0.25) is 0 Å². The molecule has 1 aromatic rings. The number of likely N-dealkylation sites (N-methyl/N-ethyl adjacent to an activating group) is 1. The van der Waals surface area contributed by atoms with E-state index < -0.39 is 0 Å². The van der Waals surface area contributed by atoms with E-state index in [4.69, 9.17) is 4.74 Å². The first-order chi connectivity index (χ1) is 8.68. The topological polar surface area (TPSA) is 53.6 Å². The minimum Gasteiger partial charge on any atom is -0.492 e. The summed E-state index contributed by atoms with van der Waals surface area (Å²) >= 11 is 0. The summed E-state index contributed by atoms with van der Waals surface area (Å²) in [4.78, 5) is 13.4. The fourth-order valence-corrected chi connectivity index (χ4v) is 1.31. The molecule has 0 aliphatic carbocycles. The van der Waals surface area contributed by atoms with Crippen LogP contribution in [0.4, 0.5) is 4.79 Å². The number of rotatable bonds is 7. The van der Waals surface area contributed by atoms with Gasteiger partial charge in [0.05, 0.1) is 6.54 Å². The summed E-state index contributed by atoms with van der Waals surface area (Å²) in [5.41, 5.74) is 0. The van der Waals surface area contributed by atoms with Crippen LogP contribution in [0, 0.1) is 0 Å². The van der Waals surface area contributed by atoms with Crippen LogP contribution in [0.25, 0.3) is 0 Å². The minimum atomic E-state index is -0.159. The van der Waals surface area contributed by atoms with Crippen molar-refractivity contribution >= 4 is 6.03 Å². The summed E-state index contributed by atoms with van der Waals surface area (Å²) in [6, 6.07) is 9.37.